The number of hydrogen-bond donors (Lipinski definition) is 2. The molecule has 0 aliphatic carbocycles. The second kappa shape index (κ2) is 9.41. The third kappa shape index (κ3) is 4.39. The largest absolute Gasteiger partial charge is 0.478 e. The molecule has 0 atom stereocenters. The fraction of sp³-hybridized carbons (Fsp3) is 0.0370. The van der Waals surface area contributed by atoms with Gasteiger partial charge in [0, 0.05) is 34.2 Å². The van der Waals surface area contributed by atoms with E-state index in [1.807, 2.05) is 59.3 Å². The molecule has 4 aromatic rings. The van der Waals surface area contributed by atoms with Crippen molar-refractivity contribution in [1.82, 2.24) is 9.88 Å². The van der Waals surface area contributed by atoms with E-state index in [0.29, 0.717) is 17.1 Å². The molecule has 1 aromatic heterocycles. The number of anilines is 1. The Morgan fingerprint density at radius 3 is 2.53 bits per heavy atom. The first-order chi connectivity index (χ1) is 17.3. The van der Waals surface area contributed by atoms with Crippen molar-refractivity contribution in [2.75, 3.05) is 4.90 Å². The van der Waals surface area contributed by atoms with Crippen LogP contribution in [0.25, 0.3) is 17.0 Å². The number of fused-ring (bicyclic) bond motifs is 1. The Hall–Kier alpha value is -4.27. The van der Waals surface area contributed by atoms with Gasteiger partial charge in [0.15, 0.2) is 5.11 Å². The molecule has 7 nitrogen and oxygen atoms in total. The first kappa shape index (κ1) is 23.5. The van der Waals surface area contributed by atoms with Crippen molar-refractivity contribution >= 4 is 69.4 Å². The monoisotopic (exact) mass is 515 g/mol. The van der Waals surface area contributed by atoms with E-state index < -0.39 is 17.8 Å². The van der Waals surface area contributed by atoms with Crippen LogP contribution >= 0.6 is 23.8 Å². The van der Waals surface area contributed by atoms with Crippen LogP contribution in [0.2, 0.25) is 5.02 Å². The maximum atomic E-state index is 13.4. The molecule has 178 valence electrons. The van der Waals surface area contributed by atoms with Crippen LogP contribution in [0.4, 0.5) is 5.69 Å². The summed E-state index contributed by atoms with van der Waals surface area (Å²) in [4.78, 5) is 38.8. The van der Waals surface area contributed by atoms with E-state index >= 15 is 0 Å². The van der Waals surface area contributed by atoms with Crippen molar-refractivity contribution < 1.29 is 19.5 Å². The summed E-state index contributed by atoms with van der Waals surface area (Å²) < 4.78 is 2.04. The lowest BCUT2D eigenvalue weighted by Gasteiger charge is -2.29. The molecule has 2 heterocycles. The number of thiocarbonyl (C=S) groups is 1. The number of halogens is 1. The van der Waals surface area contributed by atoms with Gasteiger partial charge in [-0.05, 0) is 60.3 Å². The Bertz CT molecular complexity index is 1590. The lowest BCUT2D eigenvalue weighted by molar-refractivity contribution is -0.122. The minimum absolute atomic E-state index is 0.00389. The fourth-order valence-corrected chi connectivity index (χ4v) is 4.54. The number of amides is 2. The van der Waals surface area contributed by atoms with Crippen LogP contribution in [0.5, 0.6) is 0 Å². The maximum absolute atomic E-state index is 13.4. The van der Waals surface area contributed by atoms with Crippen LogP contribution in [0.3, 0.4) is 0 Å². The highest BCUT2D eigenvalue weighted by molar-refractivity contribution is 7.80. The van der Waals surface area contributed by atoms with E-state index in [1.165, 1.54) is 24.3 Å². The highest BCUT2D eigenvalue weighted by atomic mass is 35.5. The van der Waals surface area contributed by atoms with Gasteiger partial charge in [-0.25, -0.2) is 4.79 Å². The molecule has 1 fully saturated rings. The van der Waals surface area contributed by atoms with Crippen molar-refractivity contribution in [3.05, 3.63) is 106 Å². The molecule has 2 N–H and O–H groups in total. The van der Waals surface area contributed by atoms with Crippen molar-refractivity contribution in [1.29, 1.82) is 0 Å². The summed E-state index contributed by atoms with van der Waals surface area (Å²) in [6.45, 7) is 0.569. The highest BCUT2D eigenvalue weighted by Crippen LogP contribution is 2.28. The maximum Gasteiger partial charge on any atom is 0.335 e. The van der Waals surface area contributed by atoms with Gasteiger partial charge in [0.25, 0.3) is 11.8 Å². The molecular formula is C27H18ClN3O4S. The molecule has 9 heteroatoms. The third-order valence-electron chi connectivity index (χ3n) is 5.84. The molecule has 2 amide bonds. The number of carboxylic acid groups (broad SMARTS) is 1. The molecule has 36 heavy (non-hydrogen) atoms. The molecule has 5 rings (SSSR count). The van der Waals surface area contributed by atoms with Crippen molar-refractivity contribution in [2.45, 2.75) is 6.54 Å². The summed E-state index contributed by atoms with van der Waals surface area (Å²) >= 11 is 11.3. The van der Waals surface area contributed by atoms with Gasteiger partial charge in [0.05, 0.1) is 11.3 Å². The van der Waals surface area contributed by atoms with E-state index in [1.54, 1.807) is 6.07 Å². The number of nitrogens with zero attached hydrogens (tertiary/aromatic N) is 2. The molecule has 0 bridgehead atoms. The van der Waals surface area contributed by atoms with Gasteiger partial charge >= 0.3 is 5.97 Å². The van der Waals surface area contributed by atoms with Crippen molar-refractivity contribution in [2.24, 2.45) is 0 Å². The summed E-state index contributed by atoms with van der Waals surface area (Å²) in [5, 5.41) is 13.3. The summed E-state index contributed by atoms with van der Waals surface area (Å²) in [6.07, 6.45) is 3.42. The number of nitrogens with one attached hydrogen (secondary N) is 1. The lowest BCUT2D eigenvalue weighted by Crippen LogP contribution is -2.54. The first-order valence-corrected chi connectivity index (χ1v) is 11.7. The quantitative estimate of drug-likeness (QED) is 0.225. The molecule has 0 saturated carbocycles. The molecular weight excluding hydrogens is 498 g/mol. The van der Waals surface area contributed by atoms with Crippen LogP contribution in [0.15, 0.2) is 84.6 Å². The predicted molar refractivity (Wildman–Crippen MR) is 142 cm³/mol. The molecule has 3 aromatic carbocycles. The zero-order chi connectivity index (χ0) is 25.4. The summed E-state index contributed by atoms with van der Waals surface area (Å²) in [6, 6.07) is 21.1. The highest BCUT2D eigenvalue weighted by Gasteiger charge is 2.35. The van der Waals surface area contributed by atoms with Crippen molar-refractivity contribution in [3.63, 3.8) is 0 Å². The molecule has 0 spiro atoms. The van der Waals surface area contributed by atoms with E-state index in [0.717, 1.165) is 21.4 Å². The van der Waals surface area contributed by atoms with Crippen molar-refractivity contribution in [3.8, 4) is 0 Å². The Morgan fingerprint density at radius 1 is 1.03 bits per heavy atom. The topological polar surface area (TPSA) is 91.6 Å². The minimum Gasteiger partial charge on any atom is -0.478 e. The molecule has 1 saturated heterocycles. The average Bonchev–Trinajstić information content (AvgIpc) is 3.20. The van der Waals surface area contributed by atoms with Crippen LogP contribution in [0, 0.1) is 0 Å². The average molecular weight is 516 g/mol. The number of aromatic nitrogens is 1. The lowest BCUT2D eigenvalue weighted by atomic mass is 10.1. The third-order valence-corrected chi connectivity index (χ3v) is 6.38. The number of benzene rings is 3. The van der Waals surface area contributed by atoms with Crippen LogP contribution in [-0.4, -0.2) is 32.6 Å². The summed E-state index contributed by atoms with van der Waals surface area (Å²) in [5.74, 6) is -2.40. The molecule has 0 unspecified atom stereocenters. The van der Waals surface area contributed by atoms with Crippen LogP contribution in [-0.2, 0) is 16.1 Å². The van der Waals surface area contributed by atoms with Crippen LogP contribution in [0.1, 0.15) is 21.5 Å². The van der Waals surface area contributed by atoms with Gasteiger partial charge in [-0.2, -0.15) is 0 Å². The number of carboxylic acids is 1. The Kier molecular flexibility index (Phi) is 6.13. The van der Waals surface area contributed by atoms with E-state index in [-0.39, 0.29) is 21.9 Å². The second-order valence-electron chi connectivity index (χ2n) is 8.17. The number of para-hydroxylation sites is 1. The van der Waals surface area contributed by atoms with Gasteiger partial charge in [-0.3, -0.25) is 19.8 Å². The van der Waals surface area contributed by atoms with Gasteiger partial charge in [0.2, 0.25) is 0 Å². The molecule has 1 aliphatic rings. The zero-order valence-corrected chi connectivity index (χ0v) is 20.2. The van der Waals surface area contributed by atoms with E-state index in [4.69, 9.17) is 23.8 Å². The predicted octanol–water partition coefficient (Wildman–Crippen LogP) is 4.87. The number of aromatic carboxylic acids is 1. The minimum atomic E-state index is -1.14. The normalized spacial score (nSPS) is 15.0. The van der Waals surface area contributed by atoms with E-state index in [2.05, 4.69) is 5.32 Å². The zero-order valence-electron chi connectivity index (χ0n) is 18.6. The number of rotatable bonds is 5. The Labute approximate surface area is 216 Å². The standard InChI is InChI=1S/C27H18ClN3O4S/c28-19-10-8-16(9-11-19)14-30-15-18(21-6-1-2-7-23(21)30)13-22-24(32)29-27(36)31(25(22)33)20-5-3-4-17(12-20)26(34)35/h1-13,15H,14H2,(H,34,35)(H,29,32,36). The smallest absolute Gasteiger partial charge is 0.335 e. The SMILES string of the molecule is O=C1NC(=S)N(c2cccc(C(=O)O)c2)C(=O)C1=Cc1cn(Cc2ccc(Cl)cc2)c2ccccc12. The van der Waals surface area contributed by atoms with E-state index in [9.17, 15) is 19.5 Å². The van der Waals surface area contributed by atoms with Gasteiger partial charge in [-0.15, -0.1) is 0 Å². The van der Waals surface area contributed by atoms with Gasteiger partial charge in [0.1, 0.15) is 5.57 Å². The van der Waals surface area contributed by atoms with Gasteiger partial charge in [-0.1, -0.05) is 48.0 Å². The van der Waals surface area contributed by atoms with Gasteiger partial charge < -0.3 is 9.67 Å². The number of carbonyl (C=O) groups excluding carboxylic acids is 2. The fourth-order valence-electron chi connectivity index (χ4n) is 4.13. The molecule has 1 aliphatic heterocycles. The number of carbonyl (C=O) groups is 3. The first-order valence-electron chi connectivity index (χ1n) is 10.9. The molecule has 0 radical (unpaired) electrons. The number of hydrogen-bond acceptors (Lipinski definition) is 4. The Balaban J connectivity index is 1.56. The second-order valence-corrected chi connectivity index (χ2v) is 8.99. The summed E-state index contributed by atoms with van der Waals surface area (Å²) in [5.41, 5.74) is 2.80. The van der Waals surface area contributed by atoms with Crippen LogP contribution < -0.4 is 10.2 Å². The summed E-state index contributed by atoms with van der Waals surface area (Å²) in [7, 11) is 0. The Morgan fingerprint density at radius 2 is 1.78 bits per heavy atom.